The van der Waals surface area contributed by atoms with Crippen LogP contribution < -0.4 is 15.0 Å². The van der Waals surface area contributed by atoms with Gasteiger partial charge in [-0.15, -0.1) is 0 Å². The number of fused-ring (bicyclic) bond motifs is 3. The van der Waals surface area contributed by atoms with Gasteiger partial charge in [0.1, 0.15) is 23.5 Å². The molecule has 0 bridgehead atoms. The summed E-state index contributed by atoms with van der Waals surface area (Å²) in [6.07, 6.45) is 4.99. The molecule has 158 valence electrons. The largest absolute Gasteiger partial charge is 0.494 e. The van der Waals surface area contributed by atoms with Crippen LogP contribution in [0.4, 0.5) is 17.2 Å². The van der Waals surface area contributed by atoms with Crippen molar-refractivity contribution in [3.05, 3.63) is 35.8 Å². The molecular formula is C23H30N6O. The van der Waals surface area contributed by atoms with Crippen LogP contribution in [-0.2, 0) is 12.8 Å². The van der Waals surface area contributed by atoms with Gasteiger partial charge in [0, 0.05) is 43.6 Å². The maximum absolute atomic E-state index is 5.74. The molecule has 1 unspecified atom stereocenters. The molecule has 7 heteroatoms. The maximum Gasteiger partial charge on any atom is 0.144 e. The molecule has 1 atom stereocenters. The molecule has 0 saturated carbocycles. The molecule has 3 heterocycles. The van der Waals surface area contributed by atoms with Gasteiger partial charge in [0.15, 0.2) is 0 Å². The quantitative estimate of drug-likeness (QED) is 0.690. The van der Waals surface area contributed by atoms with E-state index in [1.165, 1.54) is 23.4 Å². The normalized spacial score (nSPS) is 19.7. The van der Waals surface area contributed by atoms with Gasteiger partial charge in [-0.2, -0.15) is 0 Å². The summed E-state index contributed by atoms with van der Waals surface area (Å²) in [6, 6.07) is 6.39. The summed E-state index contributed by atoms with van der Waals surface area (Å²) in [4.78, 5) is 17.4. The Bertz CT molecular complexity index is 1050. The van der Waals surface area contributed by atoms with Gasteiger partial charge < -0.3 is 24.8 Å². The summed E-state index contributed by atoms with van der Waals surface area (Å²) >= 11 is 0. The fraction of sp³-hybridized carbons (Fsp3) is 0.478. The minimum atomic E-state index is 0.682. The van der Waals surface area contributed by atoms with Crippen molar-refractivity contribution in [1.29, 1.82) is 0 Å². The number of ether oxygens (including phenoxy) is 1. The van der Waals surface area contributed by atoms with Crippen LogP contribution in [0.15, 0.2) is 24.5 Å². The molecule has 1 saturated heterocycles. The van der Waals surface area contributed by atoms with E-state index in [-0.39, 0.29) is 0 Å². The van der Waals surface area contributed by atoms with Crippen molar-refractivity contribution in [2.45, 2.75) is 26.2 Å². The third-order valence-corrected chi connectivity index (χ3v) is 6.53. The van der Waals surface area contributed by atoms with Crippen molar-refractivity contribution in [2.75, 3.05) is 50.6 Å². The molecule has 3 aromatic rings. The lowest BCUT2D eigenvalue weighted by Gasteiger charge is -2.34. The second kappa shape index (κ2) is 7.80. The number of H-pyrrole nitrogens is 1. The van der Waals surface area contributed by atoms with Crippen molar-refractivity contribution in [2.24, 2.45) is 5.92 Å². The van der Waals surface area contributed by atoms with Crippen LogP contribution >= 0.6 is 0 Å². The topological polar surface area (TPSA) is 69.3 Å². The van der Waals surface area contributed by atoms with Gasteiger partial charge in [0.05, 0.1) is 18.2 Å². The van der Waals surface area contributed by atoms with Crippen LogP contribution in [0.25, 0.3) is 11.0 Å². The third kappa shape index (κ3) is 3.47. The van der Waals surface area contributed by atoms with Gasteiger partial charge in [0.2, 0.25) is 0 Å². The van der Waals surface area contributed by atoms with Gasteiger partial charge in [-0.1, -0.05) is 6.92 Å². The number of benzene rings is 1. The van der Waals surface area contributed by atoms with Crippen molar-refractivity contribution >= 4 is 28.2 Å². The Morgan fingerprint density at radius 3 is 2.80 bits per heavy atom. The summed E-state index contributed by atoms with van der Waals surface area (Å²) in [5.74, 6) is 2.36. The summed E-state index contributed by atoms with van der Waals surface area (Å²) < 4.78 is 5.74. The van der Waals surface area contributed by atoms with Crippen LogP contribution in [0.1, 0.15) is 24.6 Å². The monoisotopic (exact) mass is 406 g/mol. The molecule has 0 radical (unpaired) electrons. The van der Waals surface area contributed by atoms with Gasteiger partial charge in [0.25, 0.3) is 0 Å². The molecule has 5 rings (SSSR count). The van der Waals surface area contributed by atoms with E-state index in [1.807, 2.05) is 0 Å². The van der Waals surface area contributed by atoms with Crippen molar-refractivity contribution in [1.82, 2.24) is 19.9 Å². The molecular weight excluding hydrogens is 376 g/mol. The van der Waals surface area contributed by atoms with Crippen molar-refractivity contribution < 1.29 is 4.74 Å². The molecule has 0 amide bonds. The Kier molecular flexibility index (Phi) is 4.98. The Hall–Kier alpha value is -2.80. The van der Waals surface area contributed by atoms with E-state index < -0.39 is 0 Å². The number of piperazine rings is 1. The fourth-order valence-corrected chi connectivity index (χ4v) is 4.68. The number of aryl methyl sites for hydroxylation is 1. The second-order valence-electron chi connectivity index (χ2n) is 8.68. The number of aromatic amines is 1. The number of likely N-dealkylation sites (N-methyl/N-ethyl adjacent to an activating group) is 1. The first-order chi connectivity index (χ1) is 14.6. The average Bonchev–Trinajstić information content (AvgIpc) is 3.13. The molecule has 2 aliphatic rings. The highest BCUT2D eigenvalue weighted by Crippen LogP contribution is 2.37. The zero-order valence-corrected chi connectivity index (χ0v) is 18.0. The Morgan fingerprint density at radius 1 is 1.17 bits per heavy atom. The average molecular weight is 407 g/mol. The lowest BCUT2D eigenvalue weighted by atomic mass is 9.88. The van der Waals surface area contributed by atoms with E-state index in [2.05, 4.69) is 62.2 Å². The fourth-order valence-electron chi connectivity index (χ4n) is 4.68. The number of hydrogen-bond acceptors (Lipinski definition) is 6. The van der Waals surface area contributed by atoms with E-state index in [0.717, 1.165) is 67.3 Å². The Labute approximate surface area is 177 Å². The highest BCUT2D eigenvalue weighted by molar-refractivity contribution is 5.93. The first kappa shape index (κ1) is 19.2. The number of methoxy groups -OCH3 is 1. The number of aromatic nitrogens is 3. The Balaban J connectivity index is 1.47. The van der Waals surface area contributed by atoms with Gasteiger partial charge in [-0.05, 0) is 49.9 Å². The molecule has 1 fully saturated rings. The minimum Gasteiger partial charge on any atom is -0.494 e. The summed E-state index contributed by atoms with van der Waals surface area (Å²) in [6.45, 7) is 6.55. The van der Waals surface area contributed by atoms with Crippen molar-refractivity contribution in [3.8, 4) is 5.75 Å². The van der Waals surface area contributed by atoms with Gasteiger partial charge >= 0.3 is 0 Å². The van der Waals surface area contributed by atoms with Crippen LogP contribution in [-0.4, -0.2) is 60.2 Å². The van der Waals surface area contributed by atoms with E-state index in [4.69, 9.17) is 4.74 Å². The minimum absolute atomic E-state index is 0.682. The number of nitrogens with zero attached hydrogens (tertiary/aromatic N) is 4. The predicted molar refractivity (Wildman–Crippen MR) is 121 cm³/mol. The number of hydrogen-bond donors (Lipinski definition) is 2. The second-order valence-corrected chi connectivity index (χ2v) is 8.68. The lowest BCUT2D eigenvalue weighted by molar-refractivity contribution is 0.312. The van der Waals surface area contributed by atoms with Crippen LogP contribution in [0.2, 0.25) is 0 Å². The first-order valence-corrected chi connectivity index (χ1v) is 10.9. The van der Waals surface area contributed by atoms with Crippen LogP contribution in [0.5, 0.6) is 5.75 Å². The van der Waals surface area contributed by atoms with Crippen molar-refractivity contribution in [3.63, 3.8) is 0 Å². The van der Waals surface area contributed by atoms with E-state index in [1.54, 1.807) is 13.4 Å². The van der Waals surface area contributed by atoms with E-state index >= 15 is 0 Å². The van der Waals surface area contributed by atoms with Gasteiger partial charge in [-0.3, -0.25) is 0 Å². The molecule has 7 nitrogen and oxygen atoms in total. The zero-order chi connectivity index (χ0) is 20.7. The Morgan fingerprint density at radius 2 is 2.00 bits per heavy atom. The molecule has 1 aliphatic heterocycles. The number of anilines is 3. The van der Waals surface area contributed by atoms with Gasteiger partial charge in [-0.25, -0.2) is 9.97 Å². The van der Waals surface area contributed by atoms with Crippen LogP contribution in [0.3, 0.4) is 0 Å². The summed E-state index contributed by atoms with van der Waals surface area (Å²) in [5, 5.41) is 4.65. The summed E-state index contributed by atoms with van der Waals surface area (Å²) in [5.41, 5.74) is 5.71. The molecule has 1 aliphatic carbocycles. The lowest BCUT2D eigenvalue weighted by Crippen LogP contribution is -2.44. The van der Waals surface area contributed by atoms with Crippen LogP contribution in [0, 0.1) is 5.92 Å². The zero-order valence-electron chi connectivity index (χ0n) is 18.0. The first-order valence-electron chi connectivity index (χ1n) is 10.9. The highest BCUT2D eigenvalue weighted by Gasteiger charge is 2.23. The number of rotatable bonds is 4. The molecule has 0 spiro atoms. The predicted octanol–water partition coefficient (Wildman–Crippen LogP) is 3.59. The van der Waals surface area contributed by atoms with E-state index in [0.29, 0.717) is 5.92 Å². The molecule has 2 N–H and O–H groups in total. The standard InChI is InChI=1S/C23H30N6O/c1-15-4-6-18-17(12-15)21-22(26-18)24-14-25-23(21)27-19-7-5-16(13-20(19)30-3)29-10-8-28(2)9-11-29/h5,7,13-15H,4,6,8-12H2,1-3H3,(H2,24,25,26,27). The highest BCUT2D eigenvalue weighted by atomic mass is 16.5. The maximum atomic E-state index is 5.74. The molecule has 2 aromatic heterocycles. The summed E-state index contributed by atoms with van der Waals surface area (Å²) in [7, 11) is 3.90. The molecule has 1 aromatic carbocycles. The third-order valence-electron chi connectivity index (χ3n) is 6.53. The molecule has 30 heavy (non-hydrogen) atoms. The smallest absolute Gasteiger partial charge is 0.144 e. The number of nitrogens with one attached hydrogen (secondary N) is 2. The SMILES string of the molecule is COc1cc(N2CCN(C)CC2)ccc1Nc1ncnc2[nH]c3c(c12)CC(C)CC3. The van der Waals surface area contributed by atoms with E-state index in [9.17, 15) is 0 Å².